The summed E-state index contributed by atoms with van der Waals surface area (Å²) in [6, 6.07) is 10.1. The van der Waals surface area contributed by atoms with Gasteiger partial charge >= 0.3 is 6.09 Å². The Kier molecular flexibility index (Phi) is 4.64. The molecule has 1 aromatic heterocycles. The first-order valence-corrected chi connectivity index (χ1v) is 7.72. The Hall–Kier alpha value is -2.97. The molecule has 128 valence electrons. The molecule has 3 aromatic rings. The van der Waals surface area contributed by atoms with Crippen LogP contribution in [0.2, 0.25) is 10.0 Å². The highest BCUT2D eigenvalue weighted by atomic mass is 35.5. The van der Waals surface area contributed by atoms with Crippen molar-refractivity contribution in [2.24, 2.45) is 0 Å². The molecule has 0 atom stereocenters. The summed E-state index contributed by atoms with van der Waals surface area (Å²) in [4.78, 5) is 14.6. The van der Waals surface area contributed by atoms with Gasteiger partial charge in [0.05, 0.1) is 10.0 Å². The van der Waals surface area contributed by atoms with E-state index in [1.165, 1.54) is 0 Å². The first-order chi connectivity index (χ1) is 11.9. The van der Waals surface area contributed by atoms with Gasteiger partial charge in [-0.15, -0.1) is 5.10 Å². The standard InChI is InChI=1S/C15H12Cl2N6O2/c16-10-5-9(19-14-21-13(18)22-23-14)6-11(17)12(10)7-1-3-8(4-2-7)20-15(24)25/h1-6,20H,(H,24,25)(H4,18,19,21,22,23). The molecule has 3 rings (SSSR count). The fourth-order valence-electron chi connectivity index (χ4n) is 2.22. The number of rotatable bonds is 4. The molecule has 0 saturated carbocycles. The average Bonchev–Trinajstić information content (AvgIpc) is 2.93. The van der Waals surface area contributed by atoms with Gasteiger partial charge < -0.3 is 16.2 Å². The van der Waals surface area contributed by atoms with E-state index in [-0.39, 0.29) is 5.95 Å². The van der Waals surface area contributed by atoms with Gasteiger partial charge in [0.25, 0.3) is 0 Å². The van der Waals surface area contributed by atoms with Crippen LogP contribution in [0.4, 0.5) is 28.1 Å². The number of nitrogens with zero attached hydrogens (tertiary/aromatic N) is 2. The molecule has 2 aromatic carbocycles. The van der Waals surface area contributed by atoms with Gasteiger partial charge in [-0.05, 0) is 29.8 Å². The third-order valence-corrected chi connectivity index (χ3v) is 3.82. The van der Waals surface area contributed by atoms with E-state index < -0.39 is 6.09 Å². The molecule has 8 nitrogen and oxygen atoms in total. The second-order valence-corrected chi connectivity index (χ2v) is 5.81. The lowest BCUT2D eigenvalue weighted by Gasteiger charge is -2.11. The second kappa shape index (κ2) is 6.88. The maximum Gasteiger partial charge on any atom is 0.409 e. The van der Waals surface area contributed by atoms with Crippen LogP contribution in [0.5, 0.6) is 0 Å². The molecule has 1 heterocycles. The van der Waals surface area contributed by atoms with Gasteiger partial charge in [-0.2, -0.15) is 4.98 Å². The minimum atomic E-state index is -1.13. The Bertz CT molecular complexity index is 903. The maximum atomic E-state index is 10.6. The van der Waals surface area contributed by atoms with Crippen molar-refractivity contribution in [3.8, 4) is 11.1 Å². The molecular formula is C15H12Cl2N6O2. The number of H-pyrrole nitrogens is 1. The molecule has 0 spiro atoms. The number of aromatic nitrogens is 3. The fraction of sp³-hybridized carbons (Fsp3) is 0. The third-order valence-electron chi connectivity index (χ3n) is 3.23. The van der Waals surface area contributed by atoms with Crippen LogP contribution in [-0.4, -0.2) is 26.4 Å². The summed E-state index contributed by atoms with van der Waals surface area (Å²) in [5.41, 5.74) is 7.90. The highest BCUT2D eigenvalue weighted by Crippen LogP contribution is 2.38. The number of anilines is 4. The molecule has 0 unspecified atom stereocenters. The second-order valence-electron chi connectivity index (χ2n) is 4.99. The van der Waals surface area contributed by atoms with Crippen molar-refractivity contribution in [2.75, 3.05) is 16.4 Å². The summed E-state index contributed by atoms with van der Waals surface area (Å²) in [6.45, 7) is 0. The molecule has 0 aliphatic carbocycles. The van der Waals surface area contributed by atoms with Crippen LogP contribution in [0.1, 0.15) is 0 Å². The highest BCUT2D eigenvalue weighted by molar-refractivity contribution is 6.39. The number of carbonyl (C=O) groups is 1. The van der Waals surface area contributed by atoms with E-state index in [1.54, 1.807) is 36.4 Å². The van der Waals surface area contributed by atoms with E-state index in [4.69, 9.17) is 34.0 Å². The van der Waals surface area contributed by atoms with Crippen molar-refractivity contribution in [3.05, 3.63) is 46.4 Å². The zero-order valence-electron chi connectivity index (χ0n) is 12.5. The summed E-state index contributed by atoms with van der Waals surface area (Å²) >= 11 is 12.7. The number of nitrogens with two attached hydrogens (primary N) is 1. The van der Waals surface area contributed by atoms with Crippen molar-refractivity contribution in [1.29, 1.82) is 0 Å². The zero-order chi connectivity index (χ0) is 18.0. The van der Waals surface area contributed by atoms with E-state index >= 15 is 0 Å². The van der Waals surface area contributed by atoms with Crippen LogP contribution in [0.15, 0.2) is 36.4 Å². The summed E-state index contributed by atoms with van der Waals surface area (Å²) in [7, 11) is 0. The van der Waals surface area contributed by atoms with Crippen molar-refractivity contribution in [1.82, 2.24) is 15.2 Å². The van der Waals surface area contributed by atoms with Crippen molar-refractivity contribution < 1.29 is 9.90 Å². The quantitative estimate of drug-likeness (QED) is 0.462. The summed E-state index contributed by atoms with van der Waals surface area (Å²) in [5, 5.41) is 21.1. The van der Waals surface area contributed by atoms with Crippen LogP contribution in [0.3, 0.4) is 0 Å². The van der Waals surface area contributed by atoms with E-state index in [0.717, 1.165) is 5.56 Å². The monoisotopic (exact) mass is 378 g/mol. The molecule has 25 heavy (non-hydrogen) atoms. The van der Waals surface area contributed by atoms with Gasteiger partial charge in [0.2, 0.25) is 11.9 Å². The molecule has 0 fully saturated rings. The molecule has 0 saturated heterocycles. The number of nitrogen functional groups attached to an aromatic ring is 1. The van der Waals surface area contributed by atoms with E-state index in [9.17, 15) is 4.79 Å². The Morgan fingerprint density at radius 3 is 2.28 bits per heavy atom. The number of halogens is 2. The lowest BCUT2D eigenvalue weighted by atomic mass is 10.0. The Balaban J connectivity index is 1.88. The van der Waals surface area contributed by atoms with Crippen LogP contribution >= 0.6 is 23.2 Å². The van der Waals surface area contributed by atoms with Crippen LogP contribution in [0.25, 0.3) is 11.1 Å². The number of hydrogen-bond donors (Lipinski definition) is 5. The summed E-state index contributed by atoms with van der Waals surface area (Å²) in [6.07, 6.45) is -1.13. The number of nitrogens with one attached hydrogen (secondary N) is 3. The largest absolute Gasteiger partial charge is 0.465 e. The summed E-state index contributed by atoms with van der Waals surface area (Å²) < 4.78 is 0. The normalized spacial score (nSPS) is 10.5. The van der Waals surface area contributed by atoms with Gasteiger partial charge in [0.15, 0.2) is 0 Å². The van der Waals surface area contributed by atoms with E-state index in [0.29, 0.717) is 32.9 Å². The van der Waals surface area contributed by atoms with Crippen molar-refractivity contribution in [2.45, 2.75) is 0 Å². The van der Waals surface area contributed by atoms with Gasteiger partial charge in [0, 0.05) is 16.9 Å². The minimum absolute atomic E-state index is 0.186. The number of aromatic amines is 1. The van der Waals surface area contributed by atoms with Gasteiger partial charge in [-0.3, -0.25) is 5.32 Å². The minimum Gasteiger partial charge on any atom is -0.465 e. The predicted molar refractivity (Wildman–Crippen MR) is 97.6 cm³/mol. The SMILES string of the molecule is Nc1nc(Nc2cc(Cl)c(-c3ccc(NC(=O)O)cc3)c(Cl)c2)n[nH]1. The predicted octanol–water partition coefficient (Wildman–Crippen LogP) is 4.19. The number of hydrogen-bond acceptors (Lipinski definition) is 5. The topological polar surface area (TPSA) is 129 Å². The summed E-state index contributed by atoms with van der Waals surface area (Å²) in [5.74, 6) is 0.479. The average molecular weight is 379 g/mol. The molecule has 10 heteroatoms. The fourth-order valence-corrected chi connectivity index (χ4v) is 2.93. The molecule has 0 bridgehead atoms. The zero-order valence-corrected chi connectivity index (χ0v) is 14.1. The highest BCUT2D eigenvalue weighted by Gasteiger charge is 2.12. The third kappa shape index (κ3) is 3.93. The number of carboxylic acid groups (broad SMARTS) is 1. The molecular weight excluding hydrogens is 367 g/mol. The Morgan fingerprint density at radius 2 is 1.76 bits per heavy atom. The molecule has 0 aliphatic rings. The molecule has 6 N–H and O–H groups in total. The van der Waals surface area contributed by atoms with E-state index in [2.05, 4.69) is 25.8 Å². The smallest absolute Gasteiger partial charge is 0.409 e. The first-order valence-electron chi connectivity index (χ1n) is 6.96. The molecule has 1 amide bonds. The Morgan fingerprint density at radius 1 is 1.12 bits per heavy atom. The maximum absolute atomic E-state index is 10.6. The molecule has 0 radical (unpaired) electrons. The van der Waals surface area contributed by atoms with E-state index in [1.807, 2.05) is 0 Å². The van der Waals surface area contributed by atoms with Gasteiger partial charge in [0.1, 0.15) is 0 Å². The van der Waals surface area contributed by atoms with Crippen molar-refractivity contribution in [3.63, 3.8) is 0 Å². The lowest BCUT2D eigenvalue weighted by molar-refractivity contribution is 0.210. The number of benzene rings is 2. The lowest BCUT2D eigenvalue weighted by Crippen LogP contribution is -2.06. The number of amides is 1. The van der Waals surface area contributed by atoms with Crippen LogP contribution in [0, 0.1) is 0 Å². The van der Waals surface area contributed by atoms with Gasteiger partial charge in [-0.25, -0.2) is 9.89 Å². The Labute approximate surface area is 152 Å². The van der Waals surface area contributed by atoms with Crippen molar-refractivity contribution >= 4 is 52.6 Å². The first kappa shape index (κ1) is 16.9. The van der Waals surface area contributed by atoms with Crippen LogP contribution < -0.4 is 16.4 Å². The van der Waals surface area contributed by atoms with Crippen LogP contribution in [-0.2, 0) is 0 Å². The van der Waals surface area contributed by atoms with Gasteiger partial charge in [-0.1, -0.05) is 35.3 Å². The molecule has 0 aliphatic heterocycles.